The van der Waals surface area contributed by atoms with Crippen molar-refractivity contribution >= 4 is 0 Å². The number of hydrogen-bond acceptors (Lipinski definition) is 3. The predicted octanol–water partition coefficient (Wildman–Crippen LogP) is 2.96. The van der Waals surface area contributed by atoms with Crippen molar-refractivity contribution in [3.8, 4) is 0 Å². The Morgan fingerprint density at radius 3 is 1.56 bits per heavy atom. The van der Waals surface area contributed by atoms with Crippen molar-refractivity contribution in [1.82, 2.24) is 5.32 Å². The fraction of sp³-hybridized carbons (Fsp3) is 1.00. The van der Waals surface area contributed by atoms with E-state index >= 15 is 0 Å². The average Bonchev–Trinajstić information content (AvgIpc) is 2.11. The molecular formula is C13H27NO2. The number of rotatable bonds is 4. The van der Waals surface area contributed by atoms with Gasteiger partial charge in [-0.25, -0.2) is 0 Å². The molecule has 0 radical (unpaired) electrons. The van der Waals surface area contributed by atoms with Gasteiger partial charge >= 0.3 is 0 Å². The van der Waals surface area contributed by atoms with Gasteiger partial charge in [0.05, 0.1) is 0 Å². The van der Waals surface area contributed by atoms with Gasteiger partial charge in [0.2, 0.25) is 5.91 Å². The summed E-state index contributed by atoms with van der Waals surface area (Å²) in [7, 11) is 1.90. The molecule has 3 nitrogen and oxygen atoms in total. The van der Waals surface area contributed by atoms with Crippen LogP contribution in [0, 0.1) is 17.3 Å². The molecule has 0 unspecified atom stereocenters. The molecule has 1 saturated heterocycles. The third-order valence-corrected chi connectivity index (χ3v) is 4.22. The van der Waals surface area contributed by atoms with Crippen molar-refractivity contribution in [1.29, 1.82) is 0 Å². The summed E-state index contributed by atoms with van der Waals surface area (Å²) in [6, 6.07) is 0. The normalized spacial score (nSPS) is 23.6. The van der Waals surface area contributed by atoms with Crippen molar-refractivity contribution in [3.05, 3.63) is 0 Å². The molecule has 0 spiro atoms. The standard InChI is InChI=1S/C13H27NO2/c1-9(2)12(7,10(3)4)13(14-8)15-11(5,6)16-13/h9-10,14H,1-8H3. The van der Waals surface area contributed by atoms with Crippen molar-refractivity contribution in [2.75, 3.05) is 7.05 Å². The first-order valence-corrected chi connectivity index (χ1v) is 6.20. The molecule has 96 valence electrons. The minimum atomic E-state index is -0.654. The molecule has 0 aromatic carbocycles. The molecule has 0 aromatic rings. The summed E-state index contributed by atoms with van der Waals surface area (Å²) in [5, 5.41) is 3.23. The Morgan fingerprint density at radius 1 is 1.00 bits per heavy atom. The second-order valence-electron chi connectivity index (χ2n) is 6.06. The number of ether oxygens (including phenoxy) is 2. The fourth-order valence-electron chi connectivity index (χ4n) is 2.72. The molecule has 1 heterocycles. The Bertz CT molecular complexity index is 243. The van der Waals surface area contributed by atoms with Gasteiger partial charge in [-0.2, -0.15) is 0 Å². The lowest BCUT2D eigenvalue weighted by molar-refractivity contribution is -0.544. The van der Waals surface area contributed by atoms with Crippen molar-refractivity contribution < 1.29 is 9.47 Å². The fourth-order valence-corrected chi connectivity index (χ4v) is 2.72. The molecular weight excluding hydrogens is 202 g/mol. The molecule has 0 bridgehead atoms. The Hall–Kier alpha value is -0.120. The first-order chi connectivity index (χ1) is 7.11. The minimum Gasteiger partial charge on any atom is -0.305 e. The molecule has 3 heteroatoms. The number of nitrogens with one attached hydrogen (secondary N) is 1. The van der Waals surface area contributed by atoms with E-state index in [1.54, 1.807) is 0 Å². The highest BCUT2D eigenvalue weighted by Crippen LogP contribution is 2.54. The predicted molar refractivity (Wildman–Crippen MR) is 65.8 cm³/mol. The van der Waals surface area contributed by atoms with Gasteiger partial charge in [0.25, 0.3) is 0 Å². The van der Waals surface area contributed by atoms with Crippen LogP contribution in [0.25, 0.3) is 0 Å². The minimum absolute atomic E-state index is 0.0583. The van der Waals surface area contributed by atoms with Crippen LogP contribution in [0.15, 0.2) is 0 Å². The third kappa shape index (κ3) is 1.79. The lowest BCUT2D eigenvalue weighted by atomic mass is 9.66. The molecule has 0 atom stereocenters. The van der Waals surface area contributed by atoms with E-state index in [0.717, 1.165) is 0 Å². The van der Waals surface area contributed by atoms with Crippen LogP contribution in [0.2, 0.25) is 0 Å². The van der Waals surface area contributed by atoms with Crippen LogP contribution >= 0.6 is 0 Å². The summed E-state index contributed by atoms with van der Waals surface area (Å²) < 4.78 is 12.0. The van der Waals surface area contributed by atoms with Gasteiger partial charge in [-0.1, -0.05) is 34.6 Å². The highest BCUT2D eigenvalue weighted by atomic mass is 16.9. The first-order valence-electron chi connectivity index (χ1n) is 6.20. The van der Waals surface area contributed by atoms with E-state index in [0.29, 0.717) is 11.8 Å². The van der Waals surface area contributed by atoms with E-state index in [-0.39, 0.29) is 5.41 Å². The van der Waals surface area contributed by atoms with Crippen LogP contribution in [0.5, 0.6) is 0 Å². The monoisotopic (exact) mass is 229 g/mol. The Kier molecular flexibility index (Phi) is 3.46. The first kappa shape index (κ1) is 13.9. The molecule has 1 rings (SSSR count). The molecule has 1 aliphatic heterocycles. The zero-order valence-electron chi connectivity index (χ0n) is 12.0. The molecule has 0 aromatic heterocycles. The maximum absolute atomic E-state index is 6.02. The van der Waals surface area contributed by atoms with E-state index in [9.17, 15) is 0 Å². The van der Waals surface area contributed by atoms with Gasteiger partial charge < -0.3 is 9.47 Å². The molecule has 1 N–H and O–H groups in total. The van der Waals surface area contributed by atoms with Crippen LogP contribution in [0.4, 0.5) is 0 Å². The molecule has 0 saturated carbocycles. The SMILES string of the molecule is CNC1(C(C)(C(C)C)C(C)C)OC(C)(C)O1. The van der Waals surface area contributed by atoms with Crippen LogP contribution in [0.3, 0.4) is 0 Å². The van der Waals surface area contributed by atoms with Gasteiger partial charge in [0, 0.05) is 5.41 Å². The van der Waals surface area contributed by atoms with Crippen LogP contribution in [-0.2, 0) is 9.47 Å². The maximum Gasteiger partial charge on any atom is 0.238 e. The lowest BCUT2D eigenvalue weighted by Gasteiger charge is -2.62. The van der Waals surface area contributed by atoms with Gasteiger partial charge in [-0.15, -0.1) is 0 Å². The summed E-state index contributed by atoms with van der Waals surface area (Å²) in [6.07, 6.45) is 0. The molecule has 0 amide bonds. The Balaban J connectivity index is 3.03. The van der Waals surface area contributed by atoms with E-state index in [1.165, 1.54) is 0 Å². The third-order valence-electron chi connectivity index (χ3n) is 4.22. The highest BCUT2D eigenvalue weighted by Gasteiger charge is 2.64. The zero-order valence-corrected chi connectivity index (χ0v) is 12.0. The topological polar surface area (TPSA) is 30.5 Å². The second-order valence-corrected chi connectivity index (χ2v) is 6.06. The van der Waals surface area contributed by atoms with Crippen LogP contribution in [-0.4, -0.2) is 18.7 Å². The zero-order chi connectivity index (χ0) is 12.8. The number of hydrogen-bond donors (Lipinski definition) is 1. The second kappa shape index (κ2) is 3.97. The average molecular weight is 229 g/mol. The van der Waals surface area contributed by atoms with Gasteiger partial charge in [-0.3, -0.25) is 5.32 Å². The molecule has 1 aliphatic rings. The van der Waals surface area contributed by atoms with Crippen LogP contribution < -0.4 is 5.32 Å². The summed E-state index contributed by atoms with van der Waals surface area (Å²) in [6.45, 7) is 15.0. The van der Waals surface area contributed by atoms with E-state index < -0.39 is 11.7 Å². The summed E-state index contributed by atoms with van der Waals surface area (Å²) in [5.41, 5.74) is -0.0583. The highest BCUT2D eigenvalue weighted by molar-refractivity contribution is 4.98. The molecule has 16 heavy (non-hydrogen) atoms. The Morgan fingerprint density at radius 2 is 1.38 bits per heavy atom. The summed E-state index contributed by atoms with van der Waals surface area (Å²) in [5.74, 6) is -0.195. The summed E-state index contributed by atoms with van der Waals surface area (Å²) >= 11 is 0. The van der Waals surface area contributed by atoms with Gasteiger partial charge in [-0.05, 0) is 32.7 Å². The largest absolute Gasteiger partial charge is 0.305 e. The van der Waals surface area contributed by atoms with Crippen molar-refractivity contribution in [2.45, 2.75) is 60.2 Å². The lowest BCUT2D eigenvalue weighted by Crippen LogP contribution is -2.75. The van der Waals surface area contributed by atoms with Crippen molar-refractivity contribution in [2.24, 2.45) is 17.3 Å². The molecule has 1 fully saturated rings. The smallest absolute Gasteiger partial charge is 0.238 e. The summed E-state index contributed by atoms with van der Waals surface area (Å²) in [4.78, 5) is 0. The quantitative estimate of drug-likeness (QED) is 0.804. The van der Waals surface area contributed by atoms with Crippen molar-refractivity contribution in [3.63, 3.8) is 0 Å². The van der Waals surface area contributed by atoms with Gasteiger partial charge in [0.1, 0.15) is 0 Å². The van der Waals surface area contributed by atoms with E-state index in [4.69, 9.17) is 9.47 Å². The van der Waals surface area contributed by atoms with E-state index in [2.05, 4.69) is 39.9 Å². The van der Waals surface area contributed by atoms with E-state index in [1.807, 2.05) is 20.9 Å². The van der Waals surface area contributed by atoms with Crippen LogP contribution in [0.1, 0.15) is 48.5 Å². The van der Waals surface area contributed by atoms with Gasteiger partial charge in [0.15, 0.2) is 5.79 Å². The molecule has 0 aliphatic carbocycles. The maximum atomic E-state index is 6.02. The Labute approximate surface area is 99.9 Å².